The summed E-state index contributed by atoms with van der Waals surface area (Å²) in [6, 6.07) is 42.9. The summed E-state index contributed by atoms with van der Waals surface area (Å²) >= 11 is 0. The van der Waals surface area contributed by atoms with Crippen LogP contribution in [0.3, 0.4) is 0 Å². The van der Waals surface area contributed by atoms with E-state index in [2.05, 4.69) is 143 Å². The molecule has 0 radical (unpaired) electrons. The molecule has 7 aromatic rings. The van der Waals surface area contributed by atoms with Gasteiger partial charge in [-0.1, -0.05) is 66.7 Å². The Hall–Kier alpha value is -5.02. The van der Waals surface area contributed by atoms with Crippen LogP contribution in [0.15, 0.2) is 127 Å². The molecule has 2 atom stereocenters. The van der Waals surface area contributed by atoms with Gasteiger partial charge in [0.25, 0.3) is 0 Å². The van der Waals surface area contributed by atoms with E-state index in [1.807, 2.05) is 0 Å². The van der Waals surface area contributed by atoms with Gasteiger partial charge in [-0.25, -0.2) is 0 Å². The molecule has 3 nitrogen and oxygen atoms in total. The van der Waals surface area contributed by atoms with E-state index in [4.69, 9.17) is 4.74 Å². The maximum Gasteiger partial charge on any atom is 0.127 e. The average Bonchev–Trinajstić information content (AvgIpc) is 3.63. The Morgan fingerprint density at radius 2 is 1.02 bits per heavy atom. The van der Waals surface area contributed by atoms with E-state index in [-0.39, 0.29) is 0 Å². The van der Waals surface area contributed by atoms with Crippen LogP contribution in [-0.4, -0.2) is 9.13 Å². The maximum absolute atomic E-state index is 6.30. The monoisotopic (exact) mass is 514 g/mol. The van der Waals surface area contributed by atoms with Crippen molar-refractivity contribution in [1.82, 2.24) is 9.13 Å². The fourth-order valence-corrected chi connectivity index (χ4v) is 6.73. The van der Waals surface area contributed by atoms with E-state index in [1.54, 1.807) is 0 Å². The molecule has 1 fully saturated rings. The predicted octanol–water partition coefficient (Wildman–Crippen LogP) is 9.65. The van der Waals surface area contributed by atoms with Gasteiger partial charge in [0.15, 0.2) is 0 Å². The lowest BCUT2D eigenvalue weighted by Crippen LogP contribution is -2.02. The minimum Gasteiger partial charge on any atom is -0.457 e. The summed E-state index contributed by atoms with van der Waals surface area (Å²) in [6.45, 7) is 0. The van der Waals surface area contributed by atoms with Crippen molar-refractivity contribution < 1.29 is 4.74 Å². The molecule has 0 bridgehead atoms. The van der Waals surface area contributed by atoms with Crippen molar-refractivity contribution in [3.63, 3.8) is 0 Å². The SMILES string of the molecule is C1=CC2CC2c2c1c1ccccc1n2-c1ccc(Oc2ccc(-n3c4ccccc4c4ccccc43)cc2)cc1. The van der Waals surface area contributed by atoms with Gasteiger partial charge < -0.3 is 13.9 Å². The van der Waals surface area contributed by atoms with Crippen LogP contribution in [0.1, 0.15) is 23.6 Å². The summed E-state index contributed by atoms with van der Waals surface area (Å²) in [5.74, 6) is 3.00. The first-order valence-electron chi connectivity index (χ1n) is 14.0. The van der Waals surface area contributed by atoms with Gasteiger partial charge in [0.05, 0.1) is 16.6 Å². The van der Waals surface area contributed by atoms with Crippen LogP contribution in [0, 0.1) is 5.92 Å². The Kier molecular flexibility index (Phi) is 4.50. The molecule has 1 saturated carbocycles. The number of benzene rings is 5. The minimum absolute atomic E-state index is 0.636. The fraction of sp³-hybridized carbons (Fsp3) is 0.0811. The number of para-hydroxylation sites is 3. The highest BCUT2D eigenvalue weighted by atomic mass is 16.5. The molecule has 2 aliphatic carbocycles. The second-order valence-electron chi connectivity index (χ2n) is 11.0. The van der Waals surface area contributed by atoms with E-state index in [0.717, 1.165) is 17.2 Å². The van der Waals surface area contributed by atoms with Gasteiger partial charge in [0.2, 0.25) is 0 Å². The van der Waals surface area contributed by atoms with Crippen LogP contribution in [0.25, 0.3) is 50.2 Å². The first-order chi connectivity index (χ1) is 19.8. The largest absolute Gasteiger partial charge is 0.457 e. The quantitative estimate of drug-likeness (QED) is 0.229. The van der Waals surface area contributed by atoms with Gasteiger partial charge >= 0.3 is 0 Å². The van der Waals surface area contributed by atoms with Gasteiger partial charge in [-0.15, -0.1) is 0 Å². The van der Waals surface area contributed by atoms with Crippen LogP contribution in [0.2, 0.25) is 0 Å². The third-order valence-corrected chi connectivity index (χ3v) is 8.66. The first-order valence-corrected chi connectivity index (χ1v) is 14.0. The van der Waals surface area contributed by atoms with E-state index < -0.39 is 0 Å². The Morgan fingerprint density at radius 3 is 1.62 bits per heavy atom. The van der Waals surface area contributed by atoms with Crippen molar-refractivity contribution in [3.05, 3.63) is 139 Å². The average molecular weight is 515 g/mol. The topological polar surface area (TPSA) is 19.1 Å². The molecule has 9 rings (SSSR count). The van der Waals surface area contributed by atoms with E-state index in [0.29, 0.717) is 11.8 Å². The molecule has 0 amide bonds. The van der Waals surface area contributed by atoms with Crippen molar-refractivity contribution in [2.75, 3.05) is 0 Å². The lowest BCUT2D eigenvalue weighted by atomic mass is 10.0. The van der Waals surface area contributed by atoms with Crippen molar-refractivity contribution in [2.24, 2.45) is 5.92 Å². The lowest BCUT2D eigenvalue weighted by Gasteiger charge is -2.14. The van der Waals surface area contributed by atoms with E-state index in [9.17, 15) is 0 Å². The molecule has 3 heteroatoms. The summed E-state index contributed by atoms with van der Waals surface area (Å²) in [4.78, 5) is 0. The van der Waals surface area contributed by atoms with Crippen molar-refractivity contribution >= 4 is 38.8 Å². The molecule has 0 saturated heterocycles. The number of hydrogen-bond acceptors (Lipinski definition) is 1. The number of allylic oxidation sites excluding steroid dienone is 1. The Balaban J connectivity index is 1.04. The van der Waals surface area contributed by atoms with Crippen molar-refractivity contribution in [3.8, 4) is 22.9 Å². The van der Waals surface area contributed by atoms with Crippen LogP contribution >= 0.6 is 0 Å². The fourth-order valence-electron chi connectivity index (χ4n) is 6.73. The first kappa shape index (κ1) is 21.9. The normalized spacial score (nSPS) is 17.3. The number of fused-ring (bicyclic) bond motifs is 8. The zero-order chi connectivity index (χ0) is 26.2. The van der Waals surface area contributed by atoms with Crippen molar-refractivity contribution in [2.45, 2.75) is 12.3 Å². The van der Waals surface area contributed by atoms with Gasteiger partial charge in [0.1, 0.15) is 11.5 Å². The molecule has 0 aliphatic heterocycles. The molecule has 190 valence electrons. The lowest BCUT2D eigenvalue weighted by molar-refractivity contribution is 0.482. The molecule has 5 aromatic carbocycles. The highest BCUT2D eigenvalue weighted by Gasteiger charge is 2.43. The van der Waals surface area contributed by atoms with E-state index in [1.165, 1.54) is 56.1 Å². The zero-order valence-corrected chi connectivity index (χ0v) is 21.9. The van der Waals surface area contributed by atoms with Crippen LogP contribution < -0.4 is 4.74 Å². The summed E-state index contributed by atoms with van der Waals surface area (Å²) in [5, 5.41) is 3.87. The molecular weight excluding hydrogens is 488 g/mol. The minimum atomic E-state index is 0.636. The Labute approximate surface area is 232 Å². The summed E-state index contributed by atoms with van der Waals surface area (Å²) < 4.78 is 11.1. The standard InChI is InChI=1S/C37H26N2O/c1-4-10-34-29(7-1)30-8-2-5-11-35(30)38(34)25-14-18-27(19-15-25)40-28-20-16-26(17-21-28)39-36-12-6-3-9-31(36)32-22-13-24-23-33(24)37(32)39/h1-22,24,33H,23H2. The summed E-state index contributed by atoms with van der Waals surface area (Å²) in [7, 11) is 0. The van der Waals surface area contributed by atoms with Crippen LogP contribution in [0.5, 0.6) is 11.5 Å². The second-order valence-corrected chi connectivity index (χ2v) is 11.0. The predicted molar refractivity (Wildman–Crippen MR) is 164 cm³/mol. The number of aromatic nitrogens is 2. The van der Waals surface area contributed by atoms with Gasteiger partial charge in [-0.05, 0) is 79.1 Å². The van der Waals surface area contributed by atoms with Gasteiger partial charge in [-0.3, -0.25) is 0 Å². The second kappa shape index (κ2) is 8.24. The van der Waals surface area contributed by atoms with Crippen LogP contribution in [-0.2, 0) is 0 Å². The smallest absolute Gasteiger partial charge is 0.127 e. The number of ether oxygens (including phenoxy) is 1. The maximum atomic E-state index is 6.30. The molecule has 2 aromatic heterocycles. The van der Waals surface area contributed by atoms with Crippen LogP contribution in [0.4, 0.5) is 0 Å². The number of nitrogens with zero attached hydrogens (tertiary/aromatic N) is 2. The highest BCUT2D eigenvalue weighted by Crippen LogP contribution is 2.55. The highest BCUT2D eigenvalue weighted by molar-refractivity contribution is 6.09. The third kappa shape index (κ3) is 3.18. The van der Waals surface area contributed by atoms with Gasteiger partial charge in [-0.2, -0.15) is 0 Å². The van der Waals surface area contributed by atoms with E-state index >= 15 is 0 Å². The third-order valence-electron chi connectivity index (χ3n) is 8.66. The van der Waals surface area contributed by atoms with Gasteiger partial charge in [0, 0.05) is 44.7 Å². The summed E-state index contributed by atoms with van der Waals surface area (Å²) in [6.07, 6.45) is 5.99. The number of hydrogen-bond donors (Lipinski definition) is 0. The molecule has 2 unspecified atom stereocenters. The Morgan fingerprint density at radius 1 is 0.525 bits per heavy atom. The molecule has 0 spiro atoms. The zero-order valence-electron chi connectivity index (χ0n) is 21.9. The Bertz CT molecular complexity index is 2060. The molecule has 0 N–H and O–H groups in total. The summed E-state index contributed by atoms with van der Waals surface area (Å²) in [5.41, 5.74) is 8.85. The molecule has 40 heavy (non-hydrogen) atoms. The molecule has 2 heterocycles. The van der Waals surface area contributed by atoms with Crippen molar-refractivity contribution in [1.29, 1.82) is 0 Å². The molecule has 2 aliphatic rings. The number of rotatable bonds is 4. The molecular formula is C37H26N2O.